The Hall–Kier alpha value is -2.67. The molecule has 1 spiro atoms. The number of aliphatic imine (C=N–C) groups is 1. The second-order valence-electron chi connectivity index (χ2n) is 7.23. The molecule has 3 heterocycles. The van der Waals surface area contributed by atoms with Gasteiger partial charge in [0.2, 0.25) is 0 Å². The van der Waals surface area contributed by atoms with E-state index in [9.17, 15) is 5.11 Å². The van der Waals surface area contributed by atoms with Crippen molar-refractivity contribution < 1.29 is 14.6 Å². The zero-order valence-electron chi connectivity index (χ0n) is 14.2. The summed E-state index contributed by atoms with van der Waals surface area (Å²) in [4.78, 5) is 12.9. The van der Waals surface area contributed by atoms with Crippen LogP contribution in [0.3, 0.4) is 0 Å². The molecule has 0 amide bonds. The van der Waals surface area contributed by atoms with E-state index in [0.717, 1.165) is 35.3 Å². The summed E-state index contributed by atoms with van der Waals surface area (Å²) >= 11 is 0. The molecule has 2 aliphatic heterocycles. The fourth-order valence-corrected chi connectivity index (χ4v) is 4.50. The van der Waals surface area contributed by atoms with Crippen LogP contribution in [0, 0.1) is 5.92 Å². The SMILES string of the molecule is NC1=NC2(CO1)c1cc(-c3cncnc3)ccc1OC1CCC(O)C[C@@H]12. The Labute approximate surface area is 150 Å². The van der Waals surface area contributed by atoms with Gasteiger partial charge in [0.05, 0.1) is 6.10 Å². The number of hydrogen-bond donors (Lipinski definition) is 2. The molecule has 1 saturated carbocycles. The second kappa shape index (κ2) is 5.67. The lowest BCUT2D eigenvalue weighted by atomic mass is 9.67. The van der Waals surface area contributed by atoms with Gasteiger partial charge in [-0.3, -0.25) is 0 Å². The first-order valence-corrected chi connectivity index (χ1v) is 8.88. The summed E-state index contributed by atoms with van der Waals surface area (Å²) < 4.78 is 11.9. The van der Waals surface area contributed by atoms with Gasteiger partial charge >= 0.3 is 0 Å². The Morgan fingerprint density at radius 3 is 2.77 bits per heavy atom. The highest BCUT2D eigenvalue weighted by Crippen LogP contribution is 2.52. The van der Waals surface area contributed by atoms with Crippen LogP contribution in [0.2, 0.25) is 0 Å². The number of aliphatic hydroxyl groups is 1. The normalized spacial score (nSPS) is 32.2. The van der Waals surface area contributed by atoms with Crippen LogP contribution >= 0.6 is 0 Å². The maximum atomic E-state index is 10.2. The van der Waals surface area contributed by atoms with E-state index in [-0.39, 0.29) is 24.1 Å². The third-order valence-electron chi connectivity index (χ3n) is 5.74. The molecule has 5 rings (SSSR count). The molecule has 0 bridgehead atoms. The Kier molecular flexibility index (Phi) is 3.40. The molecule has 2 aromatic rings. The number of aromatic nitrogens is 2. The van der Waals surface area contributed by atoms with Crippen LogP contribution < -0.4 is 10.5 Å². The van der Waals surface area contributed by atoms with E-state index < -0.39 is 5.54 Å². The standard InChI is InChI=1S/C19H20N4O3/c20-18-23-19(9-25-18)14-5-11(12-7-21-10-22-8-12)1-3-16(14)26-17-4-2-13(24)6-15(17)19/h1,3,5,7-8,10,13,15,17,24H,2,4,6,9H2,(H2,20,23)/t13?,15-,17?,19?/m0/s1. The monoisotopic (exact) mass is 352 g/mol. The number of aliphatic hydroxyl groups excluding tert-OH is 1. The van der Waals surface area contributed by atoms with E-state index in [1.54, 1.807) is 12.4 Å². The maximum Gasteiger partial charge on any atom is 0.283 e. The summed E-state index contributed by atoms with van der Waals surface area (Å²) in [6, 6.07) is 6.25. The predicted molar refractivity (Wildman–Crippen MR) is 94.5 cm³/mol. The summed E-state index contributed by atoms with van der Waals surface area (Å²) in [5.74, 6) is 0.840. The third-order valence-corrected chi connectivity index (χ3v) is 5.74. The van der Waals surface area contributed by atoms with Gasteiger partial charge in [-0.1, -0.05) is 6.07 Å². The van der Waals surface area contributed by atoms with Gasteiger partial charge < -0.3 is 20.3 Å². The van der Waals surface area contributed by atoms with E-state index in [0.29, 0.717) is 13.0 Å². The Bertz CT molecular complexity index is 872. The Morgan fingerprint density at radius 1 is 1.15 bits per heavy atom. The van der Waals surface area contributed by atoms with Gasteiger partial charge in [0.15, 0.2) is 0 Å². The van der Waals surface area contributed by atoms with Crippen molar-refractivity contribution in [3.05, 3.63) is 42.5 Å². The first-order valence-electron chi connectivity index (χ1n) is 8.88. The summed E-state index contributed by atoms with van der Waals surface area (Å²) in [7, 11) is 0. The molecular weight excluding hydrogens is 332 g/mol. The molecule has 3 N–H and O–H groups in total. The van der Waals surface area contributed by atoms with Crippen molar-refractivity contribution in [2.24, 2.45) is 16.6 Å². The van der Waals surface area contributed by atoms with Crippen LogP contribution in [-0.2, 0) is 10.3 Å². The molecule has 1 aromatic heterocycles. The smallest absolute Gasteiger partial charge is 0.283 e. The van der Waals surface area contributed by atoms with E-state index in [1.807, 2.05) is 12.1 Å². The van der Waals surface area contributed by atoms with Crippen molar-refractivity contribution in [2.45, 2.75) is 37.0 Å². The van der Waals surface area contributed by atoms with E-state index in [4.69, 9.17) is 20.2 Å². The summed E-state index contributed by atoms with van der Waals surface area (Å²) in [6.45, 7) is 0.373. The van der Waals surface area contributed by atoms with Crippen molar-refractivity contribution >= 4 is 6.02 Å². The fraction of sp³-hybridized carbons (Fsp3) is 0.421. The Morgan fingerprint density at radius 2 is 2.00 bits per heavy atom. The lowest BCUT2D eigenvalue weighted by Crippen LogP contribution is -2.51. The van der Waals surface area contributed by atoms with Crippen LogP contribution in [0.25, 0.3) is 11.1 Å². The number of fused-ring (bicyclic) bond motifs is 4. The number of amidine groups is 1. The number of nitrogens with zero attached hydrogens (tertiary/aromatic N) is 3. The van der Waals surface area contributed by atoms with Crippen LogP contribution in [0.15, 0.2) is 41.9 Å². The van der Waals surface area contributed by atoms with E-state index in [1.165, 1.54) is 6.33 Å². The number of rotatable bonds is 1. The zero-order valence-corrected chi connectivity index (χ0v) is 14.2. The molecule has 1 aliphatic carbocycles. The molecule has 7 heteroatoms. The molecule has 3 aliphatic rings. The van der Waals surface area contributed by atoms with Crippen molar-refractivity contribution in [1.82, 2.24) is 9.97 Å². The van der Waals surface area contributed by atoms with Gasteiger partial charge in [-0.2, -0.15) is 0 Å². The fourth-order valence-electron chi connectivity index (χ4n) is 4.50. The molecule has 4 atom stereocenters. The minimum atomic E-state index is -0.616. The molecule has 1 aromatic carbocycles. The number of hydrogen-bond acceptors (Lipinski definition) is 7. The van der Waals surface area contributed by atoms with Gasteiger partial charge in [0.25, 0.3) is 6.02 Å². The average Bonchev–Trinajstić information content (AvgIpc) is 3.06. The summed E-state index contributed by atoms with van der Waals surface area (Å²) in [5, 5.41) is 10.2. The quantitative estimate of drug-likeness (QED) is 0.808. The lowest BCUT2D eigenvalue weighted by Gasteiger charge is -2.47. The van der Waals surface area contributed by atoms with Gasteiger partial charge in [-0.15, -0.1) is 0 Å². The molecular formula is C19H20N4O3. The molecule has 134 valence electrons. The molecule has 0 saturated heterocycles. The van der Waals surface area contributed by atoms with Crippen LogP contribution in [0.4, 0.5) is 0 Å². The molecule has 7 nitrogen and oxygen atoms in total. The van der Waals surface area contributed by atoms with E-state index >= 15 is 0 Å². The van der Waals surface area contributed by atoms with Crippen LogP contribution in [0.1, 0.15) is 24.8 Å². The topological polar surface area (TPSA) is 103 Å². The highest BCUT2D eigenvalue weighted by molar-refractivity contribution is 5.75. The van der Waals surface area contributed by atoms with Gasteiger partial charge in [-0.25, -0.2) is 15.0 Å². The van der Waals surface area contributed by atoms with Crippen molar-refractivity contribution in [3.63, 3.8) is 0 Å². The van der Waals surface area contributed by atoms with Crippen molar-refractivity contribution in [2.75, 3.05) is 6.61 Å². The highest BCUT2D eigenvalue weighted by atomic mass is 16.5. The van der Waals surface area contributed by atoms with Crippen molar-refractivity contribution in [1.29, 1.82) is 0 Å². The first kappa shape index (κ1) is 15.6. The largest absolute Gasteiger partial charge is 0.490 e. The molecule has 3 unspecified atom stereocenters. The molecule has 1 fully saturated rings. The number of nitrogens with two attached hydrogens (primary N) is 1. The lowest BCUT2D eigenvalue weighted by molar-refractivity contribution is -0.0359. The average molecular weight is 352 g/mol. The summed E-state index contributed by atoms with van der Waals surface area (Å²) in [5.41, 5.74) is 8.16. The van der Waals surface area contributed by atoms with Gasteiger partial charge in [0, 0.05) is 29.4 Å². The van der Waals surface area contributed by atoms with Gasteiger partial charge in [-0.05, 0) is 37.0 Å². The maximum absolute atomic E-state index is 10.2. The third kappa shape index (κ3) is 2.27. The minimum Gasteiger partial charge on any atom is -0.490 e. The minimum absolute atomic E-state index is 0.00931. The molecule has 26 heavy (non-hydrogen) atoms. The molecule has 0 radical (unpaired) electrons. The number of ether oxygens (including phenoxy) is 2. The predicted octanol–water partition coefficient (Wildman–Crippen LogP) is 1.61. The van der Waals surface area contributed by atoms with Crippen LogP contribution in [-0.4, -0.2) is 39.9 Å². The van der Waals surface area contributed by atoms with Crippen LogP contribution in [0.5, 0.6) is 5.75 Å². The number of benzene rings is 1. The van der Waals surface area contributed by atoms with Crippen molar-refractivity contribution in [3.8, 4) is 16.9 Å². The Balaban J connectivity index is 1.67. The second-order valence-corrected chi connectivity index (χ2v) is 7.23. The first-order chi connectivity index (χ1) is 12.7. The van der Waals surface area contributed by atoms with Gasteiger partial charge in [0.1, 0.15) is 30.3 Å². The van der Waals surface area contributed by atoms with E-state index in [2.05, 4.69) is 16.0 Å². The summed E-state index contributed by atoms with van der Waals surface area (Å²) in [6.07, 6.45) is 6.90. The highest BCUT2D eigenvalue weighted by Gasteiger charge is 2.55. The zero-order chi connectivity index (χ0) is 17.7.